The lowest BCUT2D eigenvalue weighted by Crippen LogP contribution is -2.01. The molecule has 0 aliphatic heterocycles. The number of aldehydes is 1. The van der Waals surface area contributed by atoms with Gasteiger partial charge in [0, 0.05) is 18.0 Å². The second kappa shape index (κ2) is 3.45. The number of carbonyl (C=O) groups is 2. The molecule has 0 bridgehead atoms. The van der Waals surface area contributed by atoms with Crippen molar-refractivity contribution in [2.24, 2.45) is 0 Å². The number of carbonyl (C=O) groups excluding carboxylic acids is 1. The van der Waals surface area contributed by atoms with Gasteiger partial charge in [0.15, 0.2) is 0 Å². The fourth-order valence-electron chi connectivity index (χ4n) is 1.33. The van der Waals surface area contributed by atoms with Gasteiger partial charge in [-0.15, -0.1) is 0 Å². The summed E-state index contributed by atoms with van der Waals surface area (Å²) in [6, 6.07) is 2.79. The van der Waals surface area contributed by atoms with Crippen molar-refractivity contribution < 1.29 is 14.7 Å². The molecule has 5 nitrogen and oxygen atoms in total. The first-order chi connectivity index (χ1) is 7.22. The molecule has 2 rings (SSSR count). The third-order valence-electron chi connectivity index (χ3n) is 1.96. The fourth-order valence-corrected chi connectivity index (χ4v) is 1.33. The first kappa shape index (κ1) is 9.26. The quantitative estimate of drug-likeness (QED) is 0.738. The van der Waals surface area contributed by atoms with Gasteiger partial charge in [-0.25, -0.2) is 4.79 Å². The normalized spacial score (nSPS) is 10.1. The highest BCUT2D eigenvalue weighted by molar-refractivity contribution is 6.02. The van der Waals surface area contributed by atoms with Crippen LogP contribution in [0.2, 0.25) is 0 Å². The minimum atomic E-state index is -1.12. The topological polar surface area (TPSA) is 80.2 Å². The van der Waals surface area contributed by atoms with Crippen LogP contribution in [0, 0.1) is 0 Å². The smallest absolute Gasteiger partial charge is 0.338 e. The molecule has 0 amide bonds. The standard InChI is InChI=1S/C10H6N2O3/c13-5-6-3-7(10(14)15)9-8(4-6)11-1-2-12-9/h1-5H,(H,14,15). The Kier molecular flexibility index (Phi) is 2.13. The largest absolute Gasteiger partial charge is 0.478 e. The monoisotopic (exact) mass is 202 g/mol. The van der Waals surface area contributed by atoms with Crippen LogP contribution in [-0.4, -0.2) is 27.3 Å². The van der Waals surface area contributed by atoms with Gasteiger partial charge in [-0.3, -0.25) is 14.8 Å². The average molecular weight is 202 g/mol. The lowest BCUT2D eigenvalue weighted by molar-refractivity contribution is 0.0699. The van der Waals surface area contributed by atoms with Crippen molar-refractivity contribution in [3.8, 4) is 0 Å². The van der Waals surface area contributed by atoms with Crippen LogP contribution >= 0.6 is 0 Å². The average Bonchev–Trinajstić information content (AvgIpc) is 2.27. The highest BCUT2D eigenvalue weighted by Crippen LogP contribution is 2.16. The van der Waals surface area contributed by atoms with Crippen LogP contribution in [0.5, 0.6) is 0 Å². The summed E-state index contributed by atoms with van der Waals surface area (Å²) >= 11 is 0. The summed E-state index contributed by atoms with van der Waals surface area (Å²) in [6.07, 6.45) is 3.44. The maximum absolute atomic E-state index is 10.9. The summed E-state index contributed by atoms with van der Waals surface area (Å²) in [5.74, 6) is -1.12. The Balaban J connectivity index is 2.86. The van der Waals surface area contributed by atoms with Crippen molar-refractivity contribution >= 4 is 23.3 Å². The number of carboxylic acid groups (broad SMARTS) is 1. The van der Waals surface area contributed by atoms with Gasteiger partial charge in [0.1, 0.15) is 11.8 Å². The number of fused-ring (bicyclic) bond motifs is 1. The first-order valence-corrected chi connectivity index (χ1v) is 4.15. The highest BCUT2D eigenvalue weighted by Gasteiger charge is 2.11. The van der Waals surface area contributed by atoms with Crippen LogP contribution in [0.25, 0.3) is 11.0 Å². The molecule has 0 saturated carbocycles. The molecule has 15 heavy (non-hydrogen) atoms. The molecule has 0 radical (unpaired) electrons. The van der Waals surface area contributed by atoms with E-state index in [4.69, 9.17) is 5.11 Å². The van der Waals surface area contributed by atoms with Crippen LogP contribution in [0.15, 0.2) is 24.5 Å². The zero-order chi connectivity index (χ0) is 10.8. The molecule has 1 aromatic carbocycles. The second-order valence-electron chi connectivity index (χ2n) is 2.92. The molecule has 5 heteroatoms. The molecule has 0 saturated heterocycles. The molecule has 0 atom stereocenters. The van der Waals surface area contributed by atoms with Crippen molar-refractivity contribution in [3.05, 3.63) is 35.7 Å². The number of carboxylic acids is 1. The van der Waals surface area contributed by atoms with Crippen LogP contribution in [-0.2, 0) is 0 Å². The van der Waals surface area contributed by atoms with Crippen molar-refractivity contribution in [1.29, 1.82) is 0 Å². The highest BCUT2D eigenvalue weighted by atomic mass is 16.4. The summed E-state index contributed by atoms with van der Waals surface area (Å²) in [5, 5.41) is 8.92. The Hall–Kier alpha value is -2.30. The number of hydrogen-bond donors (Lipinski definition) is 1. The lowest BCUT2D eigenvalue weighted by atomic mass is 10.1. The summed E-state index contributed by atoms with van der Waals surface area (Å²) in [7, 11) is 0. The third-order valence-corrected chi connectivity index (χ3v) is 1.96. The molecule has 0 aliphatic carbocycles. The molecule has 2 aromatic rings. The molecule has 1 N–H and O–H groups in total. The van der Waals surface area contributed by atoms with Crippen molar-refractivity contribution in [1.82, 2.24) is 9.97 Å². The molecular weight excluding hydrogens is 196 g/mol. The van der Waals surface area contributed by atoms with E-state index in [9.17, 15) is 9.59 Å². The predicted octanol–water partition coefficient (Wildman–Crippen LogP) is 1.14. The van der Waals surface area contributed by atoms with Gasteiger partial charge in [-0.1, -0.05) is 0 Å². The second-order valence-corrected chi connectivity index (χ2v) is 2.92. The van der Waals surface area contributed by atoms with E-state index in [2.05, 4.69) is 9.97 Å². The van der Waals surface area contributed by atoms with Crippen LogP contribution in [0.4, 0.5) is 0 Å². The number of rotatable bonds is 2. The number of aromatic carboxylic acids is 1. The van der Waals surface area contributed by atoms with E-state index in [0.29, 0.717) is 11.8 Å². The van der Waals surface area contributed by atoms with Crippen LogP contribution in [0.3, 0.4) is 0 Å². The zero-order valence-corrected chi connectivity index (χ0v) is 7.54. The molecular formula is C10H6N2O3. The van der Waals surface area contributed by atoms with Gasteiger partial charge in [0.05, 0.1) is 11.1 Å². The number of hydrogen-bond acceptors (Lipinski definition) is 4. The van der Waals surface area contributed by atoms with Crippen LogP contribution < -0.4 is 0 Å². The molecule has 0 fully saturated rings. The van der Waals surface area contributed by atoms with Crippen molar-refractivity contribution in [3.63, 3.8) is 0 Å². The number of nitrogens with zero attached hydrogens (tertiary/aromatic N) is 2. The molecule has 1 aromatic heterocycles. The predicted molar refractivity (Wildman–Crippen MR) is 51.9 cm³/mol. The van der Waals surface area contributed by atoms with Gasteiger partial charge in [-0.05, 0) is 12.1 Å². The Bertz CT molecular complexity index is 551. The van der Waals surface area contributed by atoms with Gasteiger partial charge < -0.3 is 5.11 Å². The minimum Gasteiger partial charge on any atom is -0.478 e. The fraction of sp³-hybridized carbons (Fsp3) is 0. The van der Waals surface area contributed by atoms with Gasteiger partial charge in [0.2, 0.25) is 0 Å². The molecule has 1 heterocycles. The first-order valence-electron chi connectivity index (χ1n) is 4.15. The van der Waals surface area contributed by atoms with E-state index >= 15 is 0 Å². The summed E-state index contributed by atoms with van der Waals surface area (Å²) in [5.41, 5.74) is 0.957. The third kappa shape index (κ3) is 1.54. The number of aromatic nitrogens is 2. The Morgan fingerprint density at radius 3 is 2.67 bits per heavy atom. The Morgan fingerprint density at radius 1 is 1.27 bits per heavy atom. The maximum atomic E-state index is 10.9. The van der Waals surface area contributed by atoms with Crippen molar-refractivity contribution in [2.45, 2.75) is 0 Å². The summed E-state index contributed by atoms with van der Waals surface area (Å²) < 4.78 is 0. The summed E-state index contributed by atoms with van der Waals surface area (Å²) in [4.78, 5) is 29.3. The minimum absolute atomic E-state index is 0.0114. The molecule has 0 unspecified atom stereocenters. The van der Waals surface area contributed by atoms with E-state index in [0.717, 1.165) is 0 Å². The molecule has 0 aliphatic rings. The number of benzene rings is 1. The van der Waals surface area contributed by atoms with Crippen molar-refractivity contribution in [2.75, 3.05) is 0 Å². The van der Waals surface area contributed by atoms with Gasteiger partial charge in [-0.2, -0.15) is 0 Å². The van der Waals surface area contributed by atoms with E-state index in [1.807, 2.05) is 0 Å². The molecule has 0 spiro atoms. The lowest BCUT2D eigenvalue weighted by Gasteiger charge is -2.01. The van der Waals surface area contributed by atoms with E-state index in [-0.39, 0.29) is 16.6 Å². The summed E-state index contributed by atoms with van der Waals surface area (Å²) in [6.45, 7) is 0. The van der Waals surface area contributed by atoms with Crippen LogP contribution in [0.1, 0.15) is 20.7 Å². The van der Waals surface area contributed by atoms with E-state index < -0.39 is 5.97 Å². The maximum Gasteiger partial charge on any atom is 0.338 e. The van der Waals surface area contributed by atoms with Gasteiger partial charge in [0.25, 0.3) is 0 Å². The SMILES string of the molecule is O=Cc1cc(C(=O)O)c2nccnc2c1. The van der Waals surface area contributed by atoms with E-state index in [1.165, 1.54) is 24.5 Å². The van der Waals surface area contributed by atoms with Gasteiger partial charge >= 0.3 is 5.97 Å². The zero-order valence-electron chi connectivity index (χ0n) is 7.54. The molecule has 74 valence electrons. The van der Waals surface area contributed by atoms with E-state index in [1.54, 1.807) is 0 Å². The Morgan fingerprint density at radius 2 is 2.00 bits per heavy atom. The Labute approximate surface area is 84.4 Å².